The minimum atomic E-state index is -0.492. The first-order valence-corrected chi connectivity index (χ1v) is 11.5. The average molecular weight is 498 g/mol. The normalized spacial score (nSPS) is 15.9. The van der Waals surface area contributed by atoms with E-state index >= 15 is 0 Å². The first-order chi connectivity index (χ1) is 16.0. The fourth-order valence-electron chi connectivity index (χ4n) is 3.52. The van der Waals surface area contributed by atoms with E-state index in [0.29, 0.717) is 53.9 Å². The molecule has 0 radical (unpaired) electrons. The van der Waals surface area contributed by atoms with E-state index in [1.165, 1.54) is 15.9 Å². The summed E-state index contributed by atoms with van der Waals surface area (Å²) in [5, 5.41) is 5.43. The Bertz CT molecular complexity index is 1620. The number of benzene rings is 2. The molecule has 1 aliphatic rings. The number of thiazole rings is 1. The lowest BCUT2D eigenvalue weighted by atomic mass is 10.2. The first kappa shape index (κ1) is 20.3. The number of rotatable bonds is 3. The summed E-state index contributed by atoms with van der Waals surface area (Å²) < 4.78 is 19.3. The summed E-state index contributed by atoms with van der Waals surface area (Å²) >= 11 is 13.5. The van der Waals surface area contributed by atoms with Crippen LogP contribution in [-0.2, 0) is 0 Å². The fourth-order valence-corrected chi connectivity index (χ4v) is 4.80. The molecule has 164 valence electrons. The van der Waals surface area contributed by atoms with E-state index < -0.39 is 6.10 Å². The monoisotopic (exact) mass is 497 g/mol. The van der Waals surface area contributed by atoms with Gasteiger partial charge in [0.05, 0.1) is 5.02 Å². The third-order valence-electron chi connectivity index (χ3n) is 5.09. The number of para-hydroxylation sites is 2. The lowest BCUT2D eigenvalue weighted by Crippen LogP contribution is -2.26. The zero-order chi connectivity index (χ0) is 22.5. The van der Waals surface area contributed by atoms with Crippen molar-refractivity contribution in [1.29, 1.82) is 0 Å². The van der Waals surface area contributed by atoms with Gasteiger partial charge in [0.15, 0.2) is 23.4 Å². The second kappa shape index (κ2) is 7.91. The highest BCUT2D eigenvalue weighted by Crippen LogP contribution is 2.35. The molecule has 0 spiro atoms. The maximum Gasteiger partial charge on any atom is 0.291 e. The zero-order valence-electron chi connectivity index (χ0n) is 16.7. The summed E-state index contributed by atoms with van der Waals surface area (Å²) in [5.41, 5.74) is 0.388. The van der Waals surface area contributed by atoms with Crippen LogP contribution in [-0.4, -0.2) is 21.2 Å². The van der Waals surface area contributed by atoms with Crippen LogP contribution < -0.4 is 19.6 Å². The van der Waals surface area contributed by atoms with E-state index in [0.717, 1.165) is 0 Å². The van der Waals surface area contributed by atoms with Gasteiger partial charge in [-0.25, -0.2) is 0 Å². The summed E-state index contributed by atoms with van der Waals surface area (Å²) in [6.45, 7) is 0.267. The lowest BCUT2D eigenvalue weighted by Gasteiger charge is -2.24. The number of furan rings is 1. The first-order valence-electron chi connectivity index (χ1n) is 9.90. The summed E-state index contributed by atoms with van der Waals surface area (Å²) in [6, 6.07) is 16.1. The van der Waals surface area contributed by atoms with Crippen molar-refractivity contribution in [3.05, 3.63) is 91.1 Å². The molecule has 1 aliphatic heterocycles. The molecule has 0 saturated heterocycles. The second-order valence-corrected chi connectivity index (χ2v) is 9.12. The van der Waals surface area contributed by atoms with Gasteiger partial charge < -0.3 is 13.9 Å². The predicted octanol–water partition coefficient (Wildman–Crippen LogP) is 4.78. The second-order valence-electron chi connectivity index (χ2n) is 7.27. The Labute approximate surface area is 200 Å². The van der Waals surface area contributed by atoms with Crippen molar-refractivity contribution in [1.82, 2.24) is 14.6 Å². The molecule has 0 fully saturated rings. The summed E-state index contributed by atoms with van der Waals surface area (Å²) in [5.74, 6) is 2.75. The average Bonchev–Trinajstić information content (AvgIpc) is 3.53. The molecule has 10 heteroatoms. The number of hydrogen-bond acceptors (Lipinski definition) is 7. The van der Waals surface area contributed by atoms with Crippen LogP contribution >= 0.6 is 34.5 Å². The third-order valence-corrected chi connectivity index (χ3v) is 6.61. The molecule has 0 bridgehead atoms. The lowest BCUT2D eigenvalue weighted by molar-refractivity contribution is 0.0852. The van der Waals surface area contributed by atoms with Gasteiger partial charge >= 0.3 is 0 Å². The Balaban J connectivity index is 1.31. The largest absolute Gasteiger partial charge is 0.485 e. The molecule has 2 aromatic carbocycles. The molecular weight excluding hydrogens is 485 g/mol. The number of halogens is 2. The van der Waals surface area contributed by atoms with Crippen LogP contribution in [0, 0.1) is 0 Å². The molecule has 4 heterocycles. The SMILES string of the molecule is O=c1/c(=C/c2ccc(-c3cc(Cl)ccc3Cl)o2)sc2nc(C3COc4ccccc4O3)nn12. The number of aromatic nitrogens is 3. The zero-order valence-corrected chi connectivity index (χ0v) is 19.0. The molecule has 0 amide bonds. The van der Waals surface area contributed by atoms with Crippen LogP contribution in [0.5, 0.6) is 11.5 Å². The predicted molar refractivity (Wildman–Crippen MR) is 125 cm³/mol. The third kappa shape index (κ3) is 3.66. The number of hydrogen-bond donors (Lipinski definition) is 0. The van der Waals surface area contributed by atoms with E-state index in [1.807, 2.05) is 24.3 Å². The van der Waals surface area contributed by atoms with Crippen molar-refractivity contribution in [2.45, 2.75) is 6.10 Å². The van der Waals surface area contributed by atoms with E-state index in [1.54, 1.807) is 36.4 Å². The highest BCUT2D eigenvalue weighted by Gasteiger charge is 2.27. The Morgan fingerprint density at radius 2 is 1.94 bits per heavy atom. The highest BCUT2D eigenvalue weighted by molar-refractivity contribution is 7.15. The van der Waals surface area contributed by atoms with Crippen molar-refractivity contribution in [3.63, 3.8) is 0 Å². The van der Waals surface area contributed by atoms with Crippen molar-refractivity contribution >= 4 is 45.6 Å². The topological polar surface area (TPSA) is 78.9 Å². The van der Waals surface area contributed by atoms with Gasteiger partial charge in [-0.1, -0.05) is 46.7 Å². The molecule has 1 atom stereocenters. The van der Waals surface area contributed by atoms with E-state index in [-0.39, 0.29) is 12.2 Å². The Kier molecular flexibility index (Phi) is 4.86. The maximum absolute atomic E-state index is 12.9. The smallest absolute Gasteiger partial charge is 0.291 e. The summed E-state index contributed by atoms with van der Waals surface area (Å²) in [6.07, 6.45) is 1.16. The Hall–Kier alpha value is -3.33. The van der Waals surface area contributed by atoms with Crippen molar-refractivity contribution < 1.29 is 13.9 Å². The van der Waals surface area contributed by atoms with E-state index in [9.17, 15) is 4.79 Å². The van der Waals surface area contributed by atoms with Gasteiger partial charge in [0.25, 0.3) is 5.56 Å². The van der Waals surface area contributed by atoms with Gasteiger partial charge in [0, 0.05) is 16.7 Å². The van der Waals surface area contributed by atoms with Crippen LogP contribution in [0.2, 0.25) is 10.0 Å². The van der Waals surface area contributed by atoms with Gasteiger partial charge in [0.1, 0.15) is 22.7 Å². The van der Waals surface area contributed by atoms with Gasteiger partial charge in [0.2, 0.25) is 4.96 Å². The van der Waals surface area contributed by atoms with E-state index in [2.05, 4.69) is 10.1 Å². The number of nitrogens with zero attached hydrogens (tertiary/aromatic N) is 3. The van der Waals surface area contributed by atoms with Crippen LogP contribution in [0.4, 0.5) is 0 Å². The maximum atomic E-state index is 12.9. The van der Waals surface area contributed by atoms with Crippen LogP contribution in [0.1, 0.15) is 17.7 Å². The minimum absolute atomic E-state index is 0.267. The molecule has 5 aromatic rings. The Morgan fingerprint density at radius 3 is 2.79 bits per heavy atom. The van der Waals surface area contributed by atoms with Crippen LogP contribution in [0.25, 0.3) is 22.4 Å². The highest BCUT2D eigenvalue weighted by atomic mass is 35.5. The minimum Gasteiger partial charge on any atom is -0.485 e. The van der Waals surface area contributed by atoms with Gasteiger partial charge in [-0.3, -0.25) is 4.79 Å². The molecule has 0 N–H and O–H groups in total. The summed E-state index contributed by atoms with van der Waals surface area (Å²) in [4.78, 5) is 17.8. The molecular formula is C23H13Cl2N3O4S. The van der Waals surface area contributed by atoms with Gasteiger partial charge in [-0.2, -0.15) is 9.50 Å². The van der Waals surface area contributed by atoms with Gasteiger partial charge in [-0.05, 0) is 42.5 Å². The van der Waals surface area contributed by atoms with Crippen molar-refractivity contribution in [3.8, 4) is 22.8 Å². The number of ether oxygens (including phenoxy) is 2. The molecule has 7 nitrogen and oxygen atoms in total. The molecule has 1 unspecified atom stereocenters. The van der Waals surface area contributed by atoms with Crippen molar-refractivity contribution in [2.75, 3.05) is 6.61 Å². The summed E-state index contributed by atoms with van der Waals surface area (Å²) in [7, 11) is 0. The van der Waals surface area contributed by atoms with Crippen LogP contribution in [0.15, 0.2) is 63.8 Å². The molecule has 3 aromatic heterocycles. The quantitative estimate of drug-likeness (QED) is 0.357. The van der Waals surface area contributed by atoms with E-state index in [4.69, 9.17) is 37.1 Å². The molecule has 0 saturated carbocycles. The number of fused-ring (bicyclic) bond motifs is 2. The molecule has 0 aliphatic carbocycles. The fraction of sp³-hybridized carbons (Fsp3) is 0.0870. The molecule has 33 heavy (non-hydrogen) atoms. The molecule has 6 rings (SSSR count). The van der Waals surface area contributed by atoms with Crippen LogP contribution in [0.3, 0.4) is 0 Å². The standard InChI is InChI=1S/C23H13Cl2N3O4S/c24-12-5-7-15(25)14(9-12)16-8-6-13(31-16)10-20-22(29)28-23(33-20)26-21(27-28)19-11-30-17-3-1-2-4-18(17)32-19/h1-10,19H,11H2/b20-10-. The Morgan fingerprint density at radius 1 is 1.09 bits per heavy atom. The van der Waals surface area contributed by atoms with Crippen molar-refractivity contribution in [2.24, 2.45) is 0 Å². The van der Waals surface area contributed by atoms with Gasteiger partial charge in [-0.15, -0.1) is 5.10 Å².